The van der Waals surface area contributed by atoms with Crippen LogP contribution in [-0.4, -0.2) is 27.7 Å². The van der Waals surface area contributed by atoms with E-state index in [9.17, 15) is 13.2 Å². The molecule has 4 rings (SSSR count). The fraction of sp³-hybridized carbons (Fsp3) is 0.190. The summed E-state index contributed by atoms with van der Waals surface area (Å²) >= 11 is 0. The van der Waals surface area contributed by atoms with Crippen LogP contribution < -0.4 is 14.8 Å². The second-order valence-corrected chi connectivity index (χ2v) is 8.77. The molecule has 29 heavy (non-hydrogen) atoms. The lowest BCUT2D eigenvalue weighted by Gasteiger charge is -2.17. The van der Waals surface area contributed by atoms with Crippen LogP contribution >= 0.6 is 0 Å². The Bertz CT molecular complexity index is 1120. The summed E-state index contributed by atoms with van der Waals surface area (Å²) in [5, 5.41) is 1.61. The monoisotopic (exact) mass is 413 g/mol. The molecule has 0 fully saturated rings. The van der Waals surface area contributed by atoms with Gasteiger partial charge in [-0.2, -0.15) is 0 Å². The average Bonchev–Trinajstić information content (AvgIpc) is 3.39. The molecule has 8 heteroatoms. The maximum absolute atomic E-state index is 13.3. The van der Waals surface area contributed by atoms with E-state index in [0.29, 0.717) is 17.1 Å². The predicted octanol–water partition coefficient (Wildman–Crippen LogP) is 3.26. The minimum absolute atomic E-state index is 0.0487. The predicted molar refractivity (Wildman–Crippen MR) is 105 cm³/mol. The Morgan fingerprint density at radius 1 is 1.07 bits per heavy atom. The van der Waals surface area contributed by atoms with E-state index in [1.54, 1.807) is 30.3 Å². The van der Waals surface area contributed by atoms with Crippen LogP contribution in [0.3, 0.4) is 0 Å². The SMILES string of the molecule is Cc1ccc(C(=O)NC[C@H](c2ccco2)S(=O)(=O)c2ccc3c(c2)OCO3)cc1. The van der Waals surface area contributed by atoms with Gasteiger partial charge in [-0.3, -0.25) is 4.79 Å². The molecule has 1 aliphatic rings. The highest BCUT2D eigenvalue weighted by atomic mass is 32.2. The first-order valence-electron chi connectivity index (χ1n) is 8.97. The molecule has 3 aromatic rings. The lowest BCUT2D eigenvalue weighted by molar-refractivity contribution is 0.0953. The van der Waals surface area contributed by atoms with E-state index in [2.05, 4.69) is 5.32 Å². The molecule has 7 nitrogen and oxygen atoms in total. The molecular formula is C21H19NO6S. The number of hydrogen-bond donors (Lipinski definition) is 1. The first-order valence-corrected chi connectivity index (χ1v) is 10.5. The van der Waals surface area contributed by atoms with Crippen LogP contribution in [0.1, 0.15) is 26.9 Å². The average molecular weight is 413 g/mol. The lowest BCUT2D eigenvalue weighted by Crippen LogP contribution is -2.31. The first-order chi connectivity index (χ1) is 13.9. The number of hydrogen-bond acceptors (Lipinski definition) is 6. The van der Waals surface area contributed by atoms with E-state index in [1.807, 2.05) is 19.1 Å². The smallest absolute Gasteiger partial charge is 0.251 e. The van der Waals surface area contributed by atoms with Crippen molar-refractivity contribution in [1.29, 1.82) is 0 Å². The van der Waals surface area contributed by atoms with Gasteiger partial charge in [-0.1, -0.05) is 17.7 Å². The fourth-order valence-electron chi connectivity index (χ4n) is 3.05. The van der Waals surface area contributed by atoms with Crippen molar-refractivity contribution in [3.8, 4) is 11.5 Å². The van der Waals surface area contributed by atoms with Crippen molar-refractivity contribution in [3.05, 3.63) is 77.7 Å². The summed E-state index contributed by atoms with van der Waals surface area (Å²) in [4.78, 5) is 12.5. The van der Waals surface area contributed by atoms with Crippen molar-refractivity contribution in [1.82, 2.24) is 5.32 Å². The van der Waals surface area contributed by atoms with E-state index in [4.69, 9.17) is 13.9 Å². The van der Waals surface area contributed by atoms with E-state index in [0.717, 1.165) is 5.56 Å². The number of amides is 1. The number of carbonyl (C=O) groups excluding carboxylic acids is 1. The van der Waals surface area contributed by atoms with Crippen LogP contribution in [0.4, 0.5) is 0 Å². The summed E-state index contributed by atoms with van der Waals surface area (Å²) in [7, 11) is -3.87. The molecule has 1 aromatic heterocycles. The third-order valence-electron chi connectivity index (χ3n) is 4.67. The number of carbonyl (C=O) groups is 1. The normalized spacial score (nSPS) is 13.8. The minimum atomic E-state index is -3.87. The van der Waals surface area contributed by atoms with Gasteiger partial charge in [0.15, 0.2) is 21.3 Å². The van der Waals surface area contributed by atoms with Crippen LogP contribution in [-0.2, 0) is 9.84 Å². The van der Waals surface area contributed by atoms with Crippen LogP contribution in [0.2, 0.25) is 0 Å². The largest absolute Gasteiger partial charge is 0.468 e. The van der Waals surface area contributed by atoms with Crippen LogP contribution in [0.5, 0.6) is 11.5 Å². The van der Waals surface area contributed by atoms with Gasteiger partial charge in [-0.25, -0.2) is 8.42 Å². The number of nitrogens with one attached hydrogen (secondary N) is 1. The molecule has 1 amide bonds. The highest BCUT2D eigenvalue weighted by Gasteiger charge is 2.33. The van der Waals surface area contributed by atoms with Crippen molar-refractivity contribution in [3.63, 3.8) is 0 Å². The number of benzene rings is 2. The van der Waals surface area contributed by atoms with Crippen molar-refractivity contribution < 1.29 is 27.1 Å². The van der Waals surface area contributed by atoms with Gasteiger partial charge in [0.05, 0.1) is 11.2 Å². The maximum Gasteiger partial charge on any atom is 0.251 e. The molecule has 150 valence electrons. The number of furan rings is 1. The van der Waals surface area contributed by atoms with Gasteiger partial charge in [0.25, 0.3) is 5.91 Å². The molecule has 2 heterocycles. The summed E-state index contributed by atoms with van der Waals surface area (Å²) in [6.45, 7) is 1.83. The van der Waals surface area contributed by atoms with E-state index < -0.39 is 15.1 Å². The summed E-state index contributed by atoms with van der Waals surface area (Å²) in [5.74, 6) is 0.744. The maximum atomic E-state index is 13.3. The second-order valence-electron chi connectivity index (χ2n) is 6.64. The Morgan fingerprint density at radius 2 is 1.83 bits per heavy atom. The van der Waals surface area contributed by atoms with Gasteiger partial charge in [0.2, 0.25) is 6.79 Å². The number of rotatable bonds is 6. The van der Waals surface area contributed by atoms with Crippen LogP contribution in [0.25, 0.3) is 0 Å². The molecular weight excluding hydrogens is 394 g/mol. The highest BCUT2D eigenvalue weighted by molar-refractivity contribution is 7.91. The Labute approximate surface area is 168 Å². The second kappa shape index (κ2) is 7.63. The number of ether oxygens (including phenoxy) is 2. The van der Waals surface area contributed by atoms with Gasteiger partial charge < -0.3 is 19.2 Å². The zero-order valence-electron chi connectivity index (χ0n) is 15.6. The molecule has 0 saturated heterocycles. The standard InChI is InChI=1S/C21H19NO6S/c1-14-4-6-15(7-5-14)21(23)22-12-20(18-3-2-10-26-18)29(24,25)16-8-9-17-19(11-16)28-13-27-17/h2-11,20H,12-13H2,1H3,(H,22,23)/t20-/m1/s1. The zero-order valence-corrected chi connectivity index (χ0v) is 16.4. The third kappa shape index (κ3) is 3.84. The molecule has 1 N–H and O–H groups in total. The summed E-state index contributed by atoms with van der Waals surface area (Å²) in [6.07, 6.45) is 1.40. The summed E-state index contributed by atoms with van der Waals surface area (Å²) < 4.78 is 42.5. The topological polar surface area (TPSA) is 94.8 Å². The van der Waals surface area contributed by atoms with E-state index in [1.165, 1.54) is 18.4 Å². The van der Waals surface area contributed by atoms with Crippen molar-refractivity contribution in [2.45, 2.75) is 17.1 Å². The Morgan fingerprint density at radius 3 is 2.55 bits per heavy atom. The minimum Gasteiger partial charge on any atom is -0.468 e. The molecule has 2 aromatic carbocycles. The number of fused-ring (bicyclic) bond motifs is 1. The number of aryl methyl sites for hydroxylation is 1. The van der Waals surface area contributed by atoms with Crippen molar-refractivity contribution >= 4 is 15.7 Å². The highest BCUT2D eigenvalue weighted by Crippen LogP contribution is 2.37. The van der Waals surface area contributed by atoms with Gasteiger partial charge in [-0.15, -0.1) is 0 Å². The first kappa shape index (κ1) is 19.1. The Hall–Kier alpha value is -3.26. The molecule has 0 aliphatic carbocycles. The molecule has 0 saturated carbocycles. The van der Waals surface area contributed by atoms with E-state index in [-0.39, 0.29) is 29.9 Å². The van der Waals surface area contributed by atoms with Gasteiger partial charge in [0, 0.05) is 18.2 Å². The van der Waals surface area contributed by atoms with E-state index >= 15 is 0 Å². The molecule has 0 spiro atoms. The molecule has 0 bridgehead atoms. The zero-order chi connectivity index (χ0) is 20.4. The van der Waals surface area contributed by atoms with Crippen molar-refractivity contribution in [2.75, 3.05) is 13.3 Å². The molecule has 0 radical (unpaired) electrons. The summed E-state index contributed by atoms with van der Waals surface area (Å²) in [6, 6.07) is 14.7. The molecule has 1 aliphatic heterocycles. The third-order valence-corrected chi connectivity index (χ3v) is 6.73. The molecule has 1 atom stereocenters. The summed E-state index contributed by atoms with van der Waals surface area (Å²) in [5.41, 5.74) is 1.48. The van der Waals surface area contributed by atoms with Crippen LogP contribution in [0, 0.1) is 6.92 Å². The van der Waals surface area contributed by atoms with Gasteiger partial charge in [-0.05, 0) is 43.3 Å². The fourth-order valence-corrected chi connectivity index (χ4v) is 4.65. The van der Waals surface area contributed by atoms with Crippen molar-refractivity contribution in [2.24, 2.45) is 0 Å². The quantitative estimate of drug-likeness (QED) is 0.667. The lowest BCUT2D eigenvalue weighted by atomic mass is 10.1. The Balaban J connectivity index is 1.60. The Kier molecular flexibility index (Phi) is 5.02. The van der Waals surface area contributed by atoms with Gasteiger partial charge in [0.1, 0.15) is 11.0 Å². The number of sulfone groups is 1. The molecule has 0 unspecified atom stereocenters. The van der Waals surface area contributed by atoms with Gasteiger partial charge >= 0.3 is 0 Å². The van der Waals surface area contributed by atoms with Crippen LogP contribution in [0.15, 0.2) is 70.2 Å².